The zero-order chi connectivity index (χ0) is 13.0. The molecule has 0 radical (unpaired) electrons. The van der Waals surface area contributed by atoms with Crippen LogP contribution in [0.1, 0.15) is 23.6 Å². The summed E-state index contributed by atoms with van der Waals surface area (Å²) >= 11 is 3.59. The van der Waals surface area contributed by atoms with Gasteiger partial charge in [-0.3, -0.25) is 0 Å². The van der Waals surface area contributed by atoms with Crippen LogP contribution in [-0.4, -0.2) is 0 Å². The van der Waals surface area contributed by atoms with Crippen molar-refractivity contribution >= 4 is 15.9 Å². The molecule has 1 nitrogen and oxygen atoms in total. The maximum atomic E-state index is 5.87. The van der Waals surface area contributed by atoms with Gasteiger partial charge in [0.25, 0.3) is 0 Å². The molecule has 0 heterocycles. The summed E-state index contributed by atoms with van der Waals surface area (Å²) in [7, 11) is 0. The summed E-state index contributed by atoms with van der Waals surface area (Å²) in [6.07, 6.45) is 1.03. The fraction of sp³-hybridized carbons (Fsp3) is 0.250. The smallest absolute Gasteiger partial charge is 0.123 e. The van der Waals surface area contributed by atoms with Crippen molar-refractivity contribution in [3.05, 3.63) is 63.6 Å². The van der Waals surface area contributed by atoms with E-state index in [1.165, 1.54) is 16.7 Å². The van der Waals surface area contributed by atoms with Crippen LogP contribution in [0.15, 0.2) is 46.9 Å². The minimum atomic E-state index is 0.611. The highest BCUT2D eigenvalue weighted by Crippen LogP contribution is 2.28. The minimum Gasteiger partial charge on any atom is -0.489 e. The molecule has 2 heteroatoms. The first-order chi connectivity index (χ1) is 8.70. The fourth-order valence-electron chi connectivity index (χ4n) is 1.88. The number of halogens is 1. The van der Waals surface area contributed by atoms with E-state index in [1.807, 2.05) is 18.2 Å². The van der Waals surface area contributed by atoms with Gasteiger partial charge in [-0.05, 0) is 36.1 Å². The van der Waals surface area contributed by atoms with Gasteiger partial charge >= 0.3 is 0 Å². The van der Waals surface area contributed by atoms with Crippen molar-refractivity contribution in [3.8, 4) is 5.75 Å². The molecule has 2 aromatic rings. The maximum absolute atomic E-state index is 5.87. The number of benzene rings is 2. The number of hydrogen-bond donors (Lipinski definition) is 0. The molecular formula is C16H17BrO. The Morgan fingerprint density at radius 2 is 1.83 bits per heavy atom. The van der Waals surface area contributed by atoms with E-state index in [0.717, 1.165) is 16.6 Å². The average molecular weight is 305 g/mol. The van der Waals surface area contributed by atoms with Crippen LogP contribution in [0.25, 0.3) is 0 Å². The van der Waals surface area contributed by atoms with Crippen molar-refractivity contribution in [3.63, 3.8) is 0 Å². The number of rotatable bonds is 4. The Morgan fingerprint density at radius 3 is 2.50 bits per heavy atom. The van der Waals surface area contributed by atoms with E-state index in [9.17, 15) is 0 Å². The zero-order valence-corrected chi connectivity index (χ0v) is 12.3. The summed E-state index contributed by atoms with van der Waals surface area (Å²) in [6, 6.07) is 14.5. The Bertz CT molecular complexity index is 520. The topological polar surface area (TPSA) is 9.23 Å². The Balaban J connectivity index is 2.13. The lowest BCUT2D eigenvalue weighted by Crippen LogP contribution is -1.98. The van der Waals surface area contributed by atoms with Crippen molar-refractivity contribution in [2.45, 2.75) is 26.9 Å². The number of hydrogen-bond acceptors (Lipinski definition) is 1. The molecule has 2 aromatic carbocycles. The lowest BCUT2D eigenvalue weighted by atomic mass is 10.1. The van der Waals surface area contributed by atoms with Crippen molar-refractivity contribution in [2.75, 3.05) is 0 Å². The van der Waals surface area contributed by atoms with Gasteiger partial charge in [0.05, 0.1) is 0 Å². The van der Waals surface area contributed by atoms with Gasteiger partial charge in [-0.15, -0.1) is 0 Å². The zero-order valence-electron chi connectivity index (χ0n) is 10.7. The van der Waals surface area contributed by atoms with Crippen molar-refractivity contribution in [1.29, 1.82) is 0 Å². The molecule has 0 amide bonds. The Hall–Kier alpha value is -1.28. The lowest BCUT2D eigenvalue weighted by molar-refractivity contribution is 0.304. The quantitative estimate of drug-likeness (QED) is 0.780. The van der Waals surface area contributed by atoms with Crippen LogP contribution in [-0.2, 0) is 13.0 Å². The molecule has 0 aliphatic heterocycles. The number of ether oxygens (including phenoxy) is 1. The van der Waals surface area contributed by atoms with Crippen LogP contribution in [0.4, 0.5) is 0 Å². The van der Waals surface area contributed by atoms with Crippen LogP contribution < -0.4 is 4.74 Å². The summed E-state index contributed by atoms with van der Waals surface area (Å²) in [4.78, 5) is 0. The van der Waals surface area contributed by atoms with E-state index in [0.29, 0.717) is 6.61 Å². The van der Waals surface area contributed by atoms with E-state index in [4.69, 9.17) is 4.74 Å². The summed E-state index contributed by atoms with van der Waals surface area (Å²) in [5.41, 5.74) is 3.69. The third-order valence-corrected chi connectivity index (χ3v) is 3.70. The number of aryl methyl sites for hydroxylation is 2. The Labute approximate surface area is 117 Å². The highest BCUT2D eigenvalue weighted by molar-refractivity contribution is 9.10. The highest BCUT2D eigenvalue weighted by atomic mass is 79.9. The summed E-state index contributed by atoms with van der Waals surface area (Å²) in [5.74, 6) is 0.947. The van der Waals surface area contributed by atoms with E-state index in [1.54, 1.807) is 0 Å². The molecule has 0 unspecified atom stereocenters. The predicted molar refractivity (Wildman–Crippen MR) is 79.0 cm³/mol. The van der Waals surface area contributed by atoms with Crippen LogP contribution in [0.5, 0.6) is 5.75 Å². The van der Waals surface area contributed by atoms with Gasteiger partial charge in [-0.1, -0.05) is 59.3 Å². The van der Waals surface area contributed by atoms with Gasteiger partial charge in [-0.2, -0.15) is 0 Å². The molecule has 0 saturated heterocycles. The largest absolute Gasteiger partial charge is 0.489 e. The Morgan fingerprint density at radius 1 is 1.11 bits per heavy atom. The molecule has 0 aliphatic rings. The SMILES string of the molecule is CCc1cc(C)c(OCc2ccccc2)cc1Br. The summed E-state index contributed by atoms with van der Waals surface area (Å²) < 4.78 is 7.00. The van der Waals surface area contributed by atoms with E-state index < -0.39 is 0 Å². The average Bonchev–Trinajstić information content (AvgIpc) is 2.40. The first kappa shape index (κ1) is 13.2. The van der Waals surface area contributed by atoms with Gasteiger partial charge in [0, 0.05) is 4.47 Å². The fourth-order valence-corrected chi connectivity index (χ4v) is 2.49. The van der Waals surface area contributed by atoms with E-state index in [-0.39, 0.29) is 0 Å². The molecule has 0 spiro atoms. The minimum absolute atomic E-state index is 0.611. The monoisotopic (exact) mass is 304 g/mol. The standard InChI is InChI=1S/C16H17BrO/c1-3-14-9-12(2)16(10-15(14)17)18-11-13-7-5-4-6-8-13/h4-10H,3,11H2,1-2H3. The predicted octanol–water partition coefficient (Wildman–Crippen LogP) is 4.90. The third-order valence-electron chi connectivity index (χ3n) is 2.96. The van der Waals surface area contributed by atoms with Crippen LogP contribution in [0.2, 0.25) is 0 Å². The van der Waals surface area contributed by atoms with Crippen LogP contribution in [0, 0.1) is 6.92 Å². The van der Waals surface area contributed by atoms with Gasteiger partial charge in [0.2, 0.25) is 0 Å². The molecule has 94 valence electrons. The second-order valence-electron chi connectivity index (χ2n) is 4.34. The van der Waals surface area contributed by atoms with E-state index in [2.05, 4.69) is 54.0 Å². The van der Waals surface area contributed by atoms with Gasteiger partial charge in [-0.25, -0.2) is 0 Å². The lowest BCUT2D eigenvalue weighted by Gasteiger charge is -2.12. The van der Waals surface area contributed by atoms with Crippen LogP contribution in [0.3, 0.4) is 0 Å². The van der Waals surface area contributed by atoms with Crippen molar-refractivity contribution < 1.29 is 4.74 Å². The van der Waals surface area contributed by atoms with Gasteiger partial charge in [0.1, 0.15) is 12.4 Å². The molecule has 18 heavy (non-hydrogen) atoms. The molecular weight excluding hydrogens is 288 g/mol. The molecule has 0 saturated carbocycles. The molecule has 0 aromatic heterocycles. The summed E-state index contributed by atoms with van der Waals surface area (Å²) in [6.45, 7) is 4.86. The van der Waals surface area contributed by atoms with Crippen molar-refractivity contribution in [2.24, 2.45) is 0 Å². The molecule has 0 aliphatic carbocycles. The summed E-state index contributed by atoms with van der Waals surface area (Å²) in [5, 5.41) is 0. The highest BCUT2D eigenvalue weighted by Gasteiger charge is 2.05. The second kappa shape index (κ2) is 6.05. The molecule has 2 rings (SSSR count). The second-order valence-corrected chi connectivity index (χ2v) is 5.19. The first-order valence-corrected chi connectivity index (χ1v) is 6.95. The molecule has 0 fully saturated rings. The van der Waals surface area contributed by atoms with Crippen molar-refractivity contribution in [1.82, 2.24) is 0 Å². The van der Waals surface area contributed by atoms with Gasteiger partial charge < -0.3 is 4.74 Å². The van der Waals surface area contributed by atoms with E-state index >= 15 is 0 Å². The maximum Gasteiger partial charge on any atom is 0.123 e. The molecule has 0 bridgehead atoms. The third kappa shape index (κ3) is 3.14. The normalized spacial score (nSPS) is 10.4. The molecule has 0 N–H and O–H groups in total. The van der Waals surface area contributed by atoms with Gasteiger partial charge in [0.15, 0.2) is 0 Å². The van der Waals surface area contributed by atoms with Crippen LogP contribution >= 0.6 is 15.9 Å². The Kier molecular flexibility index (Phi) is 4.43. The molecule has 0 atom stereocenters. The first-order valence-electron chi connectivity index (χ1n) is 6.16.